The van der Waals surface area contributed by atoms with Crippen LogP contribution in [0.15, 0.2) is 0 Å². The largest absolute Gasteiger partial charge is 0.467 e. The lowest BCUT2D eigenvalue weighted by atomic mass is 9.88. The summed E-state index contributed by atoms with van der Waals surface area (Å²) in [5, 5.41) is 19.9. The van der Waals surface area contributed by atoms with Crippen LogP contribution in [-0.2, 0) is 14.3 Å². The SMILES string of the molecule is COC(=O)C(CCC#N)(CCC#N)NC(=O)OC(C)(C)C. The first kappa shape index (κ1) is 18.7. The number of rotatable bonds is 6. The molecule has 21 heavy (non-hydrogen) atoms. The minimum atomic E-state index is -1.43. The lowest BCUT2D eigenvalue weighted by Crippen LogP contribution is -2.56. The summed E-state index contributed by atoms with van der Waals surface area (Å²) in [5.74, 6) is -0.696. The van der Waals surface area contributed by atoms with E-state index in [-0.39, 0.29) is 25.7 Å². The van der Waals surface area contributed by atoms with Crippen molar-refractivity contribution in [3.63, 3.8) is 0 Å². The number of amides is 1. The van der Waals surface area contributed by atoms with E-state index >= 15 is 0 Å². The van der Waals surface area contributed by atoms with Gasteiger partial charge in [0.25, 0.3) is 0 Å². The molecule has 1 amide bonds. The summed E-state index contributed by atoms with van der Waals surface area (Å²) in [6.07, 6.45) is -0.607. The first-order valence-corrected chi connectivity index (χ1v) is 6.54. The van der Waals surface area contributed by atoms with Crippen molar-refractivity contribution in [3.05, 3.63) is 0 Å². The van der Waals surface area contributed by atoms with Gasteiger partial charge in [-0.25, -0.2) is 9.59 Å². The molecule has 0 atom stereocenters. The molecule has 0 bridgehead atoms. The number of methoxy groups -OCH3 is 1. The van der Waals surface area contributed by atoms with Crippen molar-refractivity contribution in [2.45, 2.75) is 57.6 Å². The number of nitrogens with zero attached hydrogens (tertiary/aromatic N) is 2. The van der Waals surface area contributed by atoms with Crippen LogP contribution in [0.1, 0.15) is 46.5 Å². The first-order valence-electron chi connectivity index (χ1n) is 6.54. The van der Waals surface area contributed by atoms with Crippen molar-refractivity contribution in [2.75, 3.05) is 7.11 Å². The molecule has 0 aliphatic rings. The Morgan fingerprint density at radius 2 is 1.57 bits per heavy atom. The van der Waals surface area contributed by atoms with Crippen molar-refractivity contribution < 1.29 is 19.1 Å². The van der Waals surface area contributed by atoms with Gasteiger partial charge in [0.1, 0.15) is 11.1 Å². The average Bonchev–Trinajstić information content (AvgIpc) is 2.38. The molecule has 0 unspecified atom stereocenters. The predicted octanol–water partition coefficient (Wildman–Crippen LogP) is 2.03. The standard InChI is InChI=1S/C14H21N3O4/c1-13(2,3)21-12(19)17-14(7-5-9-15,8-6-10-16)11(18)20-4/h5-8H2,1-4H3,(H,17,19). The zero-order valence-corrected chi connectivity index (χ0v) is 12.9. The summed E-state index contributed by atoms with van der Waals surface area (Å²) in [7, 11) is 1.19. The number of hydrogen-bond donors (Lipinski definition) is 1. The fraction of sp³-hybridized carbons (Fsp3) is 0.714. The van der Waals surface area contributed by atoms with Gasteiger partial charge in [0.05, 0.1) is 19.2 Å². The average molecular weight is 295 g/mol. The molecule has 7 heteroatoms. The maximum absolute atomic E-state index is 12.0. The maximum Gasteiger partial charge on any atom is 0.408 e. The number of carbonyl (C=O) groups excluding carboxylic acids is 2. The topological polar surface area (TPSA) is 112 Å². The predicted molar refractivity (Wildman–Crippen MR) is 73.8 cm³/mol. The highest BCUT2D eigenvalue weighted by Crippen LogP contribution is 2.22. The van der Waals surface area contributed by atoms with E-state index < -0.39 is 23.2 Å². The van der Waals surface area contributed by atoms with Gasteiger partial charge in [-0.2, -0.15) is 10.5 Å². The van der Waals surface area contributed by atoms with Gasteiger partial charge in [-0.3, -0.25) is 0 Å². The summed E-state index contributed by atoms with van der Waals surface area (Å²) in [5.41, 5.74) is -2.15. The second-order valence-corrected chi connectivity index (χ2v) is 5.52. The van der Waals surface area contributed by atoms with Crippen molar-refractivity contribution in [1.29, 1.82) is 10.5 Å². The van der Waals surface area contributed by atoms with E-state index in [1.807, 2.05) is 12.1 Å². The van der Waals surface area contributed by atoms with Gasteiger partial charge < -0.3 is 14.8 Å². The molecule has 0 aromatic carbocycles. The van der Waals surface area contributed by atoms with Crippen LogP contribution in [0.25, 0.3) is 0 Å². The Morgan fingerprint density at radius 3 is 1.90 bits per heavy atom. The third-order valence-electron chi connectivity index (χ3n) is 2.64. The molecule has 116 valence electrons. The highest BCUT2D eigenvalue weighted by molar-refractivity contribution is 5.85. The van der Waals surface area contributed by atoms with Crippen molar-refractivity contribution in [1.82, 2.24) is 5.32 Å². The lowest BCUT2D eigenvalue weighted by molar-refractivity contribution is -0.149. The van der Waals surface area contributed by atoms with Gasteiger partial charge in [-0.1, -0.05) is 0 Å². The van der Waals surface area contributed by atoms with Gasteiger partial charge in [-0.15, -0.1) is 0 Å². The Kier molecular flexibility index (Phi) is 7.23. The Morgan fingerprint density at radius 1 is 1.10 bits per heavy atom. The molecule has 0 heterocycles. The molecule has 7 nitrogen and oxygen atoms in total. The minimum absolute atomic E-state index is 0.0380. The lowest BCUT2D eigenvalue weighted by Gasteiger charge is -2.32. The van der Waals surface area contributed by atoms with Crippen LogP contribution in [0.2, 0.25) is 0 Å². The van der Waals surface area contributed by atoms with Gasteiger partial charge >= 0.3 is 12.1 Å². The summed E-state index contributed by atoms with van der Waals surface area (Å²) >= 11 is 0. The highest BCUT2D eigenvalue weighted by Gasteiger charge is 2.41. The molecule has 0 rings (SSSR count). The Balaban J connectivity index is 5.24. The van der Waals surface area contributed by atoms with E-state index in [0.29, 0.717) is 0 Å². The number of esters is 1. The van der Waals surface area contributed by atoms with Crippen LogP contribution >= 0.6 is 0 Å². The Hall–Kier alpha value is -2.28. The number of carbonyl (C=O) groups is 2. The molecule has 0 radical (unpaired) electrons. The first-order chi connectivity index (χ1) is 9.70. The fourth-order valence-electron chi connectivity index (χ4n) is 1.74. The molecule has 0 aliphatic heterocycles. The second-order valence-electron chi connectivity index (χ2n) is 5.52. The highest BCUT2D eigenvalue weighted by atomic mass is 16.6. The molecule has 0 spiro atoms. The summed E-state index contributed by atoms with van der Waals surface area (Å²) in [4.78, 5) is 23.9. The number of ether oxygens (including phenoxy) is 2. The van der Waals surface area contributed by atoms with Crippen molar-refractivity contribution >= 4 is 12.1 Å². The smallest absolute Gasteiger partial charge is 0.408 e. The van der Waals surface area contributed by atoms with Gasteiger partial charge in [0.2, 0.25) is 0 Å². The summed E-state index contributed by atoms with van der Waals surface area (Å²) < 4.78 is 9.84. The minimum Gasteiger partial charge on any atom is -0.467 e. The van der Waals surface area contributed by atoms with Crippen LogP contribution in [0.4, 0.5) is 4.79 Å². The van der Waals surface area contributed by atoms with Crippen LogP contribution < -0.4 is 5.32 Å². The molecule has 0 saturated heterocycles. The van der Waals surface area contributed by atoms with E-state index in [4.69, 9.17) is 20.0 Å². The van der Waals surface area contributed by atoms with Gasteiger partial charge in [-0.05, 0) is 33.6 Å². The third-order valence-corrected chi connectivity index (χ3v) is 2.64. The number of nitrogens with one attached hydrogen (secondary N) is 1. The van der Waals surface area contributed by atoms with E-state index in [1.165, 1.54) is 7.11 Å². The second kappa shape index (κ2) is 8.11. The number of hydrogen-bond acceptors (Lipinski definition) is 6. The number of alkyl carbamates (subject to hydrolysis) is 1. The molecular weight excluding hydrogens is 274 g/mol. The Bertz CT molecular complexity index is 436. The molecule has 0 aromatic rings. The van der Waals surface area contributed by atoms with E-state index in [1.54, 1.807) is 20.8 Å². The quantitative estimate of drug-likeness (QED) is 0.750. The summed E-state index contributed by atoms with van der Waals surface area (Å²) in [6, 6.07) is 3.83. The van der Waals surface area contributed by atoms with Crippen LogP contribution in [-0.4, -0.2) is 30.3 Å². The summed E-state index contributed by atoms with van der Waals surface area (Å²) in [6.45, 7) is 5.07. The van der Waals surface area contributed by atoms with Gasteiger partial charge in [0.15, 0.2) is 0 Å². The molecule has 0 fully saturated rings. The molecule has 0 aliphatic carbocycles. The zero-order chi connectivity index (χ0) is 16.5. The molecular formula is C14H21N3O4. The van der Waals surface area contributed by atoms with E-state index in [2.05, 4.69) is 5.32 Å². The molecule has 0 saturated carbocycles. The van der Waals surface area contributed by atoms with Crippen LogP contribution in [0.5, 0.6) is 0 Å². The van der Waals surface area contributed by atoms with E-state index in [0.717, 1.165) is 0 Å². The van der Waals surface area contributed by atoms with Crippen LogP contribution in [0, 0.1) is 22.7 Å². The monoisotopic (exact) mass is 295 g/mol. The molecule has 1 N–H and O–H groups in total. The van der Waals surface area contributed by atoms with Crippen molar-refractivity contribution in [3.8, 4) is 12.1 Å². The van der Waals surface area contributed by atoms with E-state index in [9.17, 15) is 9.59 Å². The zero-order valence-electron chi connectivity index (χ0n) is 12.9. The third kappa shape index (κ3) is 6.62. The fourth-order valence-corrected chi connectivity index (χ4v) is 1.74. The van der Waals surface area contributed by atoms with Crippen molar-refractivity contribution in [2.24, 2.45) is 0 Å². The normalized spacial score (nSPS) is 11.0. The van der Waals surface area contributed by atoms with Gasteiger partial charge in [0, 0.05) is 12.8 Å². The number of nitriles is 2. The molecule has 0 aromatic heterocycles. The Labute approximate surface area is 124 Å². The van der Waals surface area contributed by atoms with Crippen LogP contribution in [0.3, 0.4) is 0 Å². The maximum atomic E-state index is 12.0.